The molecule has 2 fully saturated rings. The van der Waals surface area contributed by atoms with E-state index in [-0.39, 0.29) is 17.0 Å². The molecule has 106 valence electrons. The standard InChI is InChI=1S/C15H23NO3/c1-3-18-13(17)12(10-16)14(2)8-9-19-15(11-14)6-4-5-7-15/h12H,3-9,11H2,1-2H3. The van der Waals surface area contributed by atoms with E-state index in [2.05, 4.69) is 6.07 Å². The Morgan fingerprint density at radius 3 is 2.68 bits per heavy atom. The Kier molecular flexibility index (Phi) is 4.15. The second-order valence-corrected chi connectivity index (χ2v) is 6.13. The lowest BCUT2D eigenvalue weighted by atomic mass is 9.66. The number of hydrogen-bond acceptors (Lipinski definition) is 4. The van der Waals surface area contributed by atoms with E-state index in [9.17, 15) is 10.1 Å². The van der Waals surface area contributed by atoms with E-state index in [1.165, 1.54) is 12.8 Å². The lowest BCUT2D eigenvalue weighted by molar-refractivity contribution is -0.161. The van der Waals surface area contributed by atoms with E-state index in [1.54, 1.807) is 6.92 Å². The van der Waals surface area contributed by atoms with Crippen LogP contribution in [0.3, 0.4) is 0 Å². The summed E-state index contributed by atoms with van der Waals surface area (Å²) >= 11 is 0. The van der Waals surface area contributed by atoms with Crippen molar-refractivity contribution in [2.75, 3.05) is 13.2 Å². The molecule has 1 saturated carbocycles. The van der Waals surface area contributed by atoms with Gasteiger partial charge in [0.2, 0.25) is 0 Å². The predicted molar refractivity (Wildman–Crippen MR) is 70.2 cm³/mol. The van der Waals surface area contributed by atoms with Gasteiger partial charge in [0.1, 0.15) is 5.92 Å². The van der Waals surface area contributed by atoms with Gasteiger partial charge in [-0.3, -0.25) is 4.79 Å². The predicted octanol–water partition coefficient (Wildman–Crippen LogP) is 2.82. The Bertz CT molecular complexity index is 381. The van der Waals surface area contributed by atoms with Gasteiger partial charge in [0.15, 0.2) is 0 Å². The molecule has 0 radical (unpaired) electrons. The summed E-state index contributed by atoms with van der Waals surface area (Å²) in [6, 6.07) is 2.17. The van der Waals surface area contributed by atoms with Crippen LogP contribution in [-0.2, 0) is 14.3 Å². The minimum atomic E-state index is -0.672. The van der Waals surface area contributed by atoms with Gasteiger partial charge in [0.25, 0.3) is 0 Å². The molecule has 1 heterocycles. The van der Waals surface area contributed by atoms with Crippen LogP contribution in [0, 0.1) is 22.7 Å². The zero-order valence-corrected chi connectivity index (χ0v) is 11.9. The number of nitriles is 1. The second kappa shape index (κ2) is 5.50. The van der Waals surface area contributed by atoms with E-state index in [0.717, 1.165) is 25.7 Å². The maximum absolute atomic E-state index is 12.0. The molecule has 1 spiro atoms. The van der Waals surface area contributed by atoms with Crippen LogP contribution in [0.4, 0.5) is 0 Å². The molecule has 2 rings (SSSR count). The Morgan fingerprint density at radius 2 is 2.11 bits per heavy atom. The van der Waals surface area contributed by atoms with Gasteiger partial charge in [-0.2, -0.15) is 5.26 Å². The first kappa shape index (κ1) is 14.3. The molecule has 1 aliphatic carbocycles. The van der Waals surface area contributed by atoms with Gasteiger partial charge >= 0.3 is 5.97 Å². The quantitative estimate of drug-likeness (QED) is 0.736. The highest BCUT2D eigenvalue weighted by Crippen LogP contribution is 2.50. The highest BCUT2D eigenvalue weighted by atomic mass is 16.5. The van der Waals surface area contributed by atoms with E-state index in [4.69, 9.17) is 9.47 Å². The lowest BCUT2D eigenvalue weighted by Gasteiger charge is -2.45. The fourth-order valence-corrected chi connectivity index (χ4v) is 3.68. The molecule has 1 aliphatic heterocycles. The number of nitrogens with zero attached hydrogens (tertiary/aromatic N) is 1. The zero-order chi connectivity index (χ0) is 13.9. The summed E-state index contributed by atoms with van der Waals surface area (Å²) < 4.78 is 11.1. The number of carbonyl (C=O) groups is 1. The molecule has 0 bridgehead atoms. The number of esters is 1. The van der Waals surface area contributed by atoms with Crippen LogP contribution in [0.2, 0.25) is 0 Å². The number of ether oxygens (including phenoxy) is 2. The van der Waals surface area contributed by atoms with Crippen molar-refractivity contribution in [3.8, 4) is 6.07 Å². The summed E-state index contributed by atoms with van der Waals surface area (Å²) in [7, 11) is 0. The van der Waals surface area contributed by atoms with Gasteiger partial charge in [-0.15, -0.1) is 0 Å². The van der Waals surface area contributed by atoms with Crippen LogP contribution < -0.4 is 0 Å². The first-order chi connectivity index (χ1) is 9.05. The molecule has 0 amide bonds. The molecule has 4 nitrogen and oxygen atoms in total. The summed E-state index contributed by atoms with van der Waals surface area (Å²) in [6.45, 7) is 4.79. The van der Waals surface area contributed by atoms with Gasteiger partial charge in [0.05, 0.1) is 18.3 Å². The van der Waals surface area contributed by atoms with Crippen molar-refractivity contribution in [1.29, 1.82) is 5.26 Å². The molecule has 1 saturated heterocycles. The summed E-state index contributed by atoms with van der Waals surface area (Å²) in [4.78, 5) is 12.0. The Morgan fingerprint density at radius 1 is 1.42 bits per heavy atom. The van der Waals surface area contributed by atoms with Crippen LogP contribution in [0.5, 0.6) is 0 Å². The molecular formula is C15H23NO3. The van der Waals surface area contributed by atoms with Crippen molar-refractivity contribution in [2.24, 2.45) is 11.3 Å². The fraction of sp³-hybridized carbons (Fsp3) is 0.867. The first-order valence-electron chi connectivity index (χ1n) is 7.25. The molecule has 2 aliphatic rings. The van der Waals surface area contributed by atoms with Crippen LogP contribution >= 0.6 is 0 Å². The zero-order valence-electron chi connectivity index (χ0n) is 11.9. The van der Waals surface area contributed by atoms with Crippen molar-refractivity contribution in [3.63, 3.8) is 0 Å². The van der Waals surface area contributed by atoms with Crippen LogP contribution in [0.1, 0.15) is 52.4 Å². The van der Waals surface area contributed by atoms with Crippen molar-refractivity contribution < 1.29 is 14.3 Å². The largest absolute Gasteiger partial charge is 0.465 e. The third kappa shape index (κ3) is 2.76. The lowest BCUT2D eigenvalue weighted by Crippen LogP contribution is -2.47. The molecule has 0 N–H and O–H groups in total. The van der Waals surface area contributed by atoms with Crippen molar-refractivity contribution in [3.05, 3.63) is 0 Å². The smallest absolute Gasteiger partial charge is 0.323 e. The van der Waals surface area contributed by atoms with Gasteiger partial charge in [-0.1, -0.05) is 19.8 Å². The minimum absolute atomic E-state index is 0.0887. The van der Waals surface area contributed by atoms with Crippen molar-refractivity contribution in [1.82, 2.24) is 0 Å². The maximum Gasteiger partial charge on any atom is 0.323 e. The first-order valence-corrected chi connectivity index (χ1v) is 7.25. The molecule has 0 aromatic heterocycles. The summed E-state index contributed by atoms with van der Waals surface area (Å²) in [6.07, 6.45) is 6.05. The molecule has 4 heteroatoms. The molecule has 2 unspecified atom stereocenters. The van der Waals surface area contributed by atoms with Gasteiger partial charge in [0, 0.05) is 6.61 Å². The summed E-state index contributed by atoms with van der Waals surface area (Å²) in [5, 5.41) is 9.38. The normalized spacial score (nSPS) is 30.8. The van der Waals surface area contributed by atoms with E-state index < -0.39 is 5.92 Å². The van der Waals surface area contributed by atoms with Crippen molar-refractivity contribution in [2.45, 2.75) is 58.0 Å². The monoisotopic (exact) mass is 265 g/mol. The SMILES string of the molecule is CCOC(=O)C(C#N)C1(C)CCOC2(CCCC2)C1. The topological polar surface area (TPSA) is 59.3 Å². The van der Waals surface area contributed by atoms with Crippen LogP contribution in [-0.4, -0.2) is 24.8 Å². The van der Waals surface area contributed by atoms with E-state index in [0.29, 0.717) is 13.2 Å². The second-order valence-electron chi connectivity index (χ2n) is 6.13. The Hall–Kier alpha value is -1.08. The summed E-state index contributed by atoms with van der Waals surface area (Å²) in [5.74, 6) is -1.05. The Balaban J connectivity index is 2.15. The average Bonchev–Trinajstić information content (AvgIpc) is 2.77. The van der Waals surface area contributed by atoms with Gasteiger partial charge in [-0.05, 0) is 38.0 Å². The summed E-state index contributed by atoms with van der Waals surface area (Å²) in [5.41, 5.74) is -0.405. The molecule has 19 heavy (non-hydrogen) atoms. The molecule has 0 aromatic carbocycles. The van der Waals surface area contributed by atoms with E-state index in [1.807, 2.05) is 6.92 Å². The molecule has 0 aromatic rings. The van der Waals surface area contributed by atoms with Crippen LogP contribution in [0.25, 0.3) is 0 Å². The average molecular weight is 265 g/mol. The number of carbonyl (C=O) groups excluding carboxylic acids is 1. The van der Waals surface area contributed by atoms with E-state index >= 15 is 0 Å². The molecular weight excluding hydrogens is 242 g/mol. The highest BCUT2D eigenvalue weighted by Gasteiger charge is 2.50. The number of hydrogen-bond donors (Lipinski definition) is 0. The third-order valence-corrected chi connectivity index (χ3v) is 4.67. The molecule has 2 atom stereocenters. The fourth-order valence-electron chi connectivity index (χ4n) is 3.68. The number of rotatable bonds is 3. The van der Waals surface area contributed by atoms with Crippen molar-refractivity contribution >= 4 is 5.97 Å². The third-order valence-electron chi connectivity index (χ3n) is 4.67. The van der Waals surface area contributed by atoms with Gasteiger partial charge < -0.3 is 9.47 Å². The maximum atomic E-state index is 12.0. The highest BCUT2D eigenvalue weighted by molar-refractivity contribution is 5.76. The van der Waals surface area contributed by atoms with Crippen LogP contribution in [0.15, 0.2) is 0 Å². The minimum Gasteiger partial charge on any atom is -0.465 e. The Labute approximate surface area is 115 Å². The van der Waals surface area contributed by atoms with Gasteiger partial charge in [-0.25, -0.2) is 0 Å².